The fourth-order valence-electron chi connectivity index (χ4n) is 1.70. The molecule has 1 amide bonds. The highest BCUT2D eigenvalue weighted by Crippen LogP contribution is 2.27. The van der Waals surface area contributed by atoms with Crippen LogP contribution in [-0.2, 0) is 4.79 Å². The average molecular weight is 184 g/mol. The highest BCUT2D eigenvalue weighted by atomic mass is 16.2. The summed E-state index contributed by atoms with van der Waals surface area (Å²) in [7, 11) is 0. The monoisotopic (exact) mass is 184 g/mol. The highest BCUT2D eigenvalue weighted by molar-refractivity contribution is 5.86. The van der Waals surface area contributed by atoms with Gasteiger partial charge in [0.1, 0.15) is 0 Å². The van der Waals surface area contributed by atoms with Crippen molar-refractivity contribution in [3.63, 3.8) is 0 Å². The van der Waals surface area contributed by atoms with E-state index in [0.717, 1.165) is 25.7 Å². The maximum atomic E-state index is 11.7. The van der Waals surface area contributed by atoms with Crippen molar-refractivity contribution >= 4 is 5.91 Å². The molecule has 0 saturated heterocycles. The van der Waals surface area contributed by atoms with Gasteiger partial charge in [0.15, 0.2) is 0 Å². The van der Waals surface area contributed by atoms with E-state index in [1.165, 1.54) is 0 Å². The van der Waals surface area contributed by atoms with Crippen molar-refractivity contribution in [2.75, 3.05) is 0 Å². The van der Waals surface area contributed by atoms with Crippen LogP contribution < -0.4 is 11.1 Å². The summed E-state index contributed by atoms with van der Waals surface area (Å²) in [6, 6.07) is 0. The predicted octanol–water partition coefficient (Wildman–Crippen LogP) is 1.17. The molecule has 3 heteroatoms. The van der Waals surface area contributed by atoms with E-state index >= 15 is 0 Å². The van der Waals surface area contributed by atoms with E-state index in [1.54, 1.807) is 0 Å². The molecule has 1 aliphatic rings. The molecule has 1 rings (SSSR count). The minimum absolute atomic E-state index is 0.0116. The molecule has 76 valence electrons. The van der Waals surface area contributed by atoms with Crippen LogP contribution in [-0.4, -0.2) is 17.0 Å². The van der Waals surface area contributed by atoms with E-state index in [2.05, 4.69) is 5.32 Å². The molecule has 3 N–H and O–H groups in total. The molecule has 0 unspecified atom stereocenters. The van der Waals surface area contributed by atoms with Gasteiger partial charge in [-0.25, -0.2) is 0 Å². The number of hydrogen-bond acceptors (Lipinski definition) is 2. The first-order valence-electron chi connectivity index (χ1n) is 4.95. The summed E-state index contributed by atoms with van der Waals surface area (Å²) in [6.45, 7) is 5.93. The van der Waals surface area contributed by atoms with Crippen LogP contribution >= 0.6 is 0 Å². The molecule has 0 aromatic heterocycles. The van der Waals surface area contributed by atoms with E-state index < -0.39 is 5.54 Å². The van der Waals surface area contributed by atoms with Gasteiger partial charge in [-0.1, -0.05) is 12.8 Å². The van der Waals surface area contributed by atoms with Crippen molar-refractivity contribution in [1.29, 1.82) is 0 Å². The molecular formula is C10H20N2O. The number of carbonyl (C=O) groups is 1. The average Bonchev–Trinajstić information content (AvgIpc) is 2.33. The summed E-state index contributed by atoms with van der Waals surface area (Å²) < 4.78 is 0. The largest absolute Gasteiger partial charge is 0.350 e. The molecule has 0 bridgehead atoms. The Morgan fingerprint density at radius 3 is 2.15 bits per heavy atom. The molecule has 0 aromatic rings. The van der Waals surface area contributed by atoms with Crippen LogP contribution in [0.2, 0.25) is 0 Å². The Morgan fingerprint density at radius 1 is 1.31 bits per heavy atom. The summed E-state index contributed by atoms with van der Waals surface area (Å²) in [5.74, 6) is 0.0116. The highest BCUT2D eigenvalue weighted by Gasteiger charge is 2.38. The number of amides is 1. The van der Waals surface area contributed by atoms with Crippen LogP contribution in [0.4, 0.5) is 0 Å². The molecule has 0 radical (unpaired) electrons. The molecule has 3 nitrogen and oxygen atoms in total. The third-order valence-electron chi connectivity index (χ3n) is 2.44. The molecule has 1 saturated carbocycles. The summed E-state index contributed by atoms with van der Waals surface area (Å²) in [6.07, 6.45) is 3.81. The Bertz CT molecular complexity index is 199. The van der Waals surface area contributed by atoms with Crippen LogP contribution in [0.15, 0.2) is 0 Å². The smallest absolute Gasteiger partial charge is 0.240 e. The van der Waals surface area contributed by atoms with Crippen molar-refractivity contribution in [1.82, 2.24) is 5.32 Å². The summed E-state index contributed by atoms with van der Waals surface area (Å²) in [5.41, 5.74) is 5.23. The van der Waals surface area contributed by atoms with Gasteiger partial charge in [0.05, 0.1) is 5.54 Å². The third-order valence-corrected chi connectivity index (χ3v) is 2.44. The number of hydrogen-bond donors (Lipinski definition) is 2. The zero-order valence-corrected chi connectivity index (χ0v) is 8.81. The summed E-state index contributed by atoms with van der Waals surface area (Å²) in [5, 5.41) is 2.94. The second kappa shape index (κ2) is 3.29. The van der Waals surface area contributed by atoms with E-state index in [9.17, 15) is 4.79 Å². The first-order valence-corrected chi connectivity index (χ1v) is 4.95. The molecule has 1 fully saturated rings. The van der Waals surface area contributed by atoms with Crippen LogP contribution in [0.3, 0.4) is 0 Å². The minimum Gasteiger partial charge on any atom is -0.350 e. The molecule has 0 atom stereocenters. The Labute approximate surface area is 80.1 Å². The van der Waals surface area contributed by atoms with Gasteiger partial charge < -0.3 is 11.1 Å². The van der Waals surface area contributed by atoms with Crippen LogP contribution in [0.25, 0.3) is 0 Å². The fourth-order valence-corrected chi connectivity index (χ4v) is 1.70. The van der Waals surface area contributed by atoms with E-state index in [-0.39, 0.29) is 11.4 Å². The van der Waals surface area contributed by atoms with Gasteiger partial charge in [0.25, 0.3) is 0 Å². The van der Waals surface area contributed by atoms with Gasteiger partial charge in [-0.15, -0.1) is 0 Å². The lowest BCUT2D eigenvalue weighted by molar-refractivity contribution is -0.127. The molecule has 0 heterocycles. The second-order valence-corrected chi connectivity index (χ2v) is 5.07. The predicted molar refractivity (Wildman–Crippen MR) is 53.3 cm³/mol. The zero-order valence-electron chi connectivity index (χ0n) is 8.81. The first kappa shape index (κ1) is 10.5. The normalized spacial score (nSPS) is 21.5. The van der Waals surface area contributed by atoms with Gasteiger partial charge in [0, 0.05) is 5.54 Å². The van der Waals surface area contributed by atoms with E-state index in [4.69, 9.17) is 5.73 Å². The Balaban J connectivity index is 2.57. The fraction of sp³-hybridized carbons (Fsp3) is 0.900. The van der Waals surface area contributed by atoms with Gasteiger partial charge in [-0.3, -0.25) is 4.79 Å². The van der Waals surface area contributed by atoms with E-state index in [0.29, 0.717) is 0 Å². The number of nitrogens with two attached hydrogens (primary N) is 1. The molecule has 0 aliphatic heterocycles. The molecule has 0 aromatic carbocycles. The molecule has 0 spiro atoms. The number of rotatable bonds is 1. The van der Waals surface area contributed by atoms with Crippen molar-refractivity contribution in [3.8, 4) is 0 Å². The standard InChI is InChI=1S/C10H20N2O/c1-9(2,3)12-8(13)10(11)6-4-5-7-10/h4-7,11H2,1-3H3,(H,12,13). The lowest BCUT2D eigenvalue weighted by Gasteiger charge is -2.28. The Hall–Kier alpha value is -0.570. The van der Waals surface area contributed by atoms with Gasteiger partial charge in [-0.05, 0) is 33.6 Å². The quantitative estimate of drug-likeness (QED) is 0.643. The van der Waals surface area contributed by atoms with Crippen LogP contribution in [0, 0.1) is 0 Å². The second-order valence-electron chi connectivity index (χ2n) is 5.07. The lowest BCUT2D eigenvalue weighted by atomic mass is 9.96. The van der Waals surface area contributed by atoms with Gasteiger partial charge >= 0.3 is 0 Å². The maximum absolute atomic E-state index is 11.7. The minimum atomic E-state index is -0.590. The van der Waals surface area contributed by atoms with Crippen LogP contribution in [0.1, 0.15) is 46.5 Å². The van der Waals surface area contributed by atoms with Crippen molar-refractivity contribution in [3.05, 3.63) is 0 Å². The van der Waals surface area contributed by atoms with Crippen molar-refractivity contribution < 1.29 is 4.79 Å². The van der Waals surface area contributed by atoms with Gasteiger partial charge in [-0.2, -0.15) is 0 Å². The van der Waals surface area contributed by atoms with E-state index in [1.807, 2.05) is 20.8 Å². The zero-order chi connectivity index (χ0) is 10.1. The van der Waals surface area contributed by atoms with Gasteiger partial charge in [0.2, 0.25) is 5.91 Å². The maximum Gasteiger partial charge on any atom is 0.240 e. The lowest BCUT2D eigenvalue weighted by Crippen LogP contribution is -2.56. The Kier molecular flexibility index (Phi) is 2.66. The summed E-state index contributed by atoms with van der Waals surface area (Å²) >= 11 is 0. The first-order chi connectivity index (χ1) is 5.83. The van der Waals surface area contributed by atoms with Crippen LogP contribution in [0.5, 0.6) is 0 Å². The number of carbonyl (C=O) groups excluding carboxylic acids is 1. The topological polar surface area (TPSA) is 55.1 Å². The Morgan fingerprint density at radius 2 is 1.77 bits per heavy atom. The molecule has 13 heavy (non-hydrogen) atoms. The van der Waals surface area contributed by atoms with Crippen molar-refractivity contribution in [2.45, 2.75) is 57.5 Å². The summed E-state index contributed by atoms with van der Waals surface area (Å²) in [4.78, 5) is 11.7. The van der Waals surface area contributed by atoms with Crippen molar-refractivity contribution in [2.24, 2.45) is 5.73 Å². The molecule has 1 aliphatic carbocycles. The third kappa shape index (κ3) is 2.69. The molecular weight excluding hydrogens is 164 g/mol. The SMILES string of the molecule is CC(C)(C)NC(=O)C1(N)CCCC1. The number of nitrogens with one attached hydrogen (secondary N) is 1.